The molecule has 0 aliphatic rings. The van der Waals surface area contributed by atoms with Crippen molar-refractivity contribution in [2.75, 3.05) is 6.61 Å². The quantitative estimate of drug-likeness (QED) is 0.848. The summed E-state index contributed by atoms with van der Waals surface area (Å²) in [6, 6.07) is 7.81. The molecule has 0 fully saturated rings. The van der Waals surface area contributed by atoms with E-state index in [2.05, 4.69) is 9.97 Å². The van der Waals surface area contributed by atoms with Crippen LogP contribution in [0, 0.1) is 31.0 Å². The Labute approximate surface area is 110 Å². The summed E-state index contributed by atoms with van der Waals surface area (Å²) in [6.07, 6.45) is 0. The Bertz CT molecular complexity index is 632. The van der Waals surface area contributed by atoms with Crippen LogP contribution in [0.5, 0.6) is 5.88 Å². The lowest BCUT2D eigenvalue weighted by atomic mass is 10.2. The van der Waals surface area contributed by atoms with Gasteiger partial charge in [0.2, 0.25) is 5.88 Å². The average Bonchev–Trinajstić information content (AvgIpc) is 2.41. The molecule has 0 saturated carbocycles. The SMILES string of the molecule is Cc1nc(-c2ccc(F)cc2)nc(OCC#N)c1C. The van der Waals surface area contributed by atoms with Crippen molar-refractivity contribution in [1.82, 2.24) is 9.97 Å². The van der Waals surface area contributed by atoms with Crippen LogP contribution >= 0.6 is 0 Å². The molecule has 0 radical (unpaired) electrons. The maximum atomic E-state index is 12.9. The average molecular weight is 257 g/mol. The molecule has 0 saturated heterocycles. The molecule has 0 aliphatic carbocycles. The van der Waals surface area contributed by atoms with Gasteiger partial charge in [0.25, 0.3) is 0 Å². The van der Waals surface area contributed by atoms with Gasteiger partial charge in [0, 0.05) is 16.8 Å². The molecule has 19 heavy (non-hydrogen) atoms. The highest BCUT2D eigenvalue weighted by Gasteiger charge is 2.10. The van der Waals surface area contributed by atoms with Crippen LogP contribution < -0.4 is 4.74 Å². The molecule has 0 atom stereocenters. The molecule has 2 aromatic rings. The van der Waals surface area contributed by atoms with E-state index < -0.39 is 0 Å². The Morgan fingerprint density at radius 1 is 1.21 bits per heavy atom. The number of nitrogens with zero attached hydrogens (tertiary/aromatic N) is 3. The minimum atomic E-state index is -0.312. The van der Waals surface area contributed by atoms with Crippen LogP contribution in [0.3, 0.4) is 0 Å². The lowest BCUT2D eigenvalue weighted by Crippen LogP contribution is -2.03. The molecule has 4 nitrogen and oxygen atoms in total. The van der Waals surface area contributed by atoms with Crippen molar-refractivity contribution in [3.8, 4) is 23.3 Å². The Hall–Kier alpha value is -2.48. The summed E-state index contributed by atoms with van der Waals surface area (Å²) in [7, 11) is 0. The van der Waals surface area contributed by atoms with Crippen molar-refractivity contribution >= 4 is 0 Å². The smallest absolute Gasteiger partial charge is 0.221 e. The molecule has 1 aromatic carbocycles. The van der Waals surface area contributed by atoms with Crippen LogP contribution in [0.1, 0.15) is 11.3 Å². The zero-order valence-corrected chi connectivity index (χ0v) is 10.6. The van der Waals surface area contributed by atoms with Crippen LogP contribution in [0.4, 0.5) is 4.39 Å². The Morgan fingerprint density at radius 2 is 1.89 bits per heavy atom. The predicted molar refractivity (Wildman–Crippen MR) is 68.0 cm³/mol. The van der Waals surface area contributed by atoms with E-state index in [9.17, 15) is 4.39 Å². The van der Waals surface area contributed by atoms with Gasteiger partial charge in [-0.1, -0.05) is 0 Å². The molecule has 0 amide bonds. The first kappa shape index (κ1) is 13.0. The number of hydrogen-bond acceptors (Lipinski definition) is 4. The monoisotopic (exact) mass is 257 g/mol. The van der Waals surface area contributed by atoms with Crippen LogP contribution in [-0.2, 0) is 0 Å². The Morgan fingerprint density at radius 3 is 2.53 bits per heavy atom. The standard InChI is InChI=1S/C14H12FN3O/c1-9-10(2)17-13(18-14(9)19-8-7-16)11-3-5-12(15)6-4-11/h3-6H,8H2,1-2H3. The highest BCUT2D eigenvalue weighted by molar-refractivity contribution is 5.56. The van der Waals surface area contributed by atoms with E-state index >= 15 is 0 Å². The second-order valence-corrected chi connectivity index (χ2v) is 4.02. The summed E-state index contributed by atoms with van der Waals surface area (Å²) in [5.41, 5.74) is 2.26. The Balaban J connectivity index is 2.44. The molecule has 5 heteroatoms. The molecule has 2 rings (SSSR count). The molecular formula is C14H12FN3O. The van der Waals surface area contributed by atoms with Crippen molar-refractivity contribution in [2.45, 2.75) is 13.8 Å². The van der Waals surface area contributed by atoms with E-state index in [1.807, 2.05) is 19.9 Å². The number of aromatic nitrogens is 2. The topological polar surface area (TPSA) is 58.8 Å². The van der Waals surface area contributed by atoms with Gasteiger partial charge >= 0.3 is 0 Å². The van der Waals surface area contributed by atoms with Gasteiger partial charge in [-0.3, -0.25) is 0 Å². The number of rotatable bonds is 3. The second kappa shape index (κ2) is 5.44. The van der Waals surface area contributed by atoms with Crippen molar-refractivity contribution in [3.63, 3.8) is 0 Å². The fourth-order valence-electron chi connectivity index (χ4n) is 1.57. The molecule has 0 aliphatic heterocycles. The van der Waals surface area contributed by atoms with Gasteiger partial charge in [0.15, 0.2) is 12.4 Å². The van der Waals surface area contributed by atoms with E-state index in [1.165, 1.54) is 12.1 Å². The van der Waals surface area contributed by atoms with Crippen molar-refractivity contribution in [2.24, 2.45) is 0 Å². The first-order chi connectivity index (χ1) is 9.11. The summed E-state index contributed by atoms with van der Waals surface area (Å²) in [6.45, 7) is 3.60. The van der Waals surface area contributed by atoms with E-state index in [4.69, 9.17) is 10.00 Å². The van der Waals surface area contributed by atoms with Gasteiger partial charge in [-0.2, -0.15) is 10.2 Å². The molecule has 0 N–H and O–H groups in total. The third-order valence-corrected chi connectivity index (χ3v) is 2.72. The molecule has 0 spiro atoms. The van der Waals surface area contributed by atoms with E-state index in [1.54, 1.807) is 12.1 Å². The normalized spacial score (nSPS) is 10.0. The van der Waals surface area contributed by atoms with Gasteiger partial charge < -0.3 is 4.74 Å². The maximum Gasteiger partial charge on any atom is 0.221 e. The van der Waals surface area contributed by atoms with Crippen molar-refractivity contribution in [3.05, 3.63) is 41.3 Å². The lowest BCUT2D eigenvalue weighted by molar-refractivity contribution is 0.350. The third-order valence-electron chi connectivity index (χ3n) is 2.72. The number of aryl methyl sites for hydroxylation is 1. The molecule has 1 aromatic heterocycles. The van der Waals surface area contributed by atoms with Gasteiger partial charge in [-0.05, 0) is 38.1 Å². The van der Waals surface area contributed by atoms with Gasteiger partial charge in [0.05, 0.1) is 0 Å². The first-order valence-electron chi connectivity index (χ1n) is 5.72. The van der Waals surface area contributed by atoms with Crippen molar-refractivity contribution in [1.29, 1.82) is 5.26 Å². The van der Waals surface area contributed by atoms with Gasteiger partial charge in [0.1, 0.15) is 11.9 Å². The maximum absolute atomic E-state index is 12.9. The Kier molecular flexibility index (Phi) is 3.71. The number of hydrogen-bond donors (Lipinski definition) is 0. The number of ether oxygens (including phenoxy) is 1. The van der Waals surface area contributed by atoms with Crippen molar-refractivity contribution < 1.29 is 9.13 Å². The molecule has 0 unspecified atom stereocenters. The van der Waals surface area contributed by atoms with Crippen LogP contribution in [0.15, 0.2) is 24.3 Å². The van der Waals surface area contributed by atoms with Crippen LogP contribution in [0.25, 0.3) is 11.4 Å². The van der Waals surface area contributed by atoms with Gasteiger partial charge in [-0.15, -0.1) is 0 Å². The van der Waals surface area contributed by atoms with Crippen LogP contribution in [0.2, 0.25) is 0 Å². The van der Waals surface area contributed by atoms with E-state index in [0.717, 1.165) is 11.3 Å². The highest BCUT2D eigenvalue weighted by Crippen LogP contribution is 2.23. The third kappa shape index (κ3) is 2.86. The fraction of sp³-hybridized carbons (Fsp3) is 0.214. The highest BCUT2D eigenvalue weighted by atomic mass is 19.1. The zero-order valence-electron chi connectivity index (χ0n) is 10.6. The fourth-order valence-corrected chi connectivity index (χ4v) is 1.57. The number of nitriles is 1. The predicted octanol–water partition coefficient (Wildman–Crippen LogP) is 2.80. The number of benzene rings is 1. The van der Waals surface area contributed by atoms with Gasteiger partial charge in [-0.25, -0.2) is 9.37 Å². The lowest BCUT2D eigenvalue weighted by Gasteiger charge is -2.09. The molecular weight excluding hydrogens is 245 g/mol. The van der Waals surface area contributed by atoms with E-state index in [-0.39, 0.29) is 12.4 Å². The zero-order chi connectivity index (χ0) is 13.8. The summed E-state index contributed by atoms with van der Waals surface area (Å²) in [5.74, 6) is 0.526. The molecule has 96 valence electrons. The summed E-state index contributed by atoms with van der Waals surface area (Å²) in [4.78, 5) is 8.61. The summed E-state index contributed by atoms with van der Waals surface area (Å²) < 4.78 is 18.2. The van der Waals surface area contributed by atoms with Crippen LogP contribution in [-0.4, -0.2) is 16.6 Å². The van der Waals surface area contributed by atoms with E-state index in [0.29, 0.717) is 17.3 Å². The summed E-state index contributed by atoms with van der Waals surface area (Å²) >= 11 is 0. The molecule has 1 heterocycles. The largest absolute Gasteiger partial charge is 0.462 e. The minimum Gasteiger partial charge on any atom is -0.462 e. The molecule has 0 bridgehead atoms. The number of halogens is 1. The first-order valence-corrected chi connectivity index (χ1v) is 5.72. The minimum absolute atomic E-state index is 0.0693. The second-order valence-electron chi connectivity index (χ2n) is 4.02. The summed E-state index contributed by atoms with van der Waals surface area (Å²) in [5, 5.41) is 8.54.